The Kier molecular flexibility index (Phi) is 7.42. The fraction of sp³-hybridized carbons (Fsp3) is 0.579. The van der Waals surface area contributed by atoms with Crippen molar-refractivity contribution in [3.8, 4) is 0 Å². The van der Waals surface area contributed by atoms with Crippen LogP contribution < -0.4 is 10.6 Å². The van der Waals surface area contributed by atoms with Crippen LogP contribution in [0.25, 0.3) is 0 Å². The molecule has 0 atom stereocenters. The van der Waals surface area contributed by atoms with Crippen molar-refractivity contribution in [3.05, 3.63) is 29.8 Å². The van der Waals surface area contributed by atoms with Crippen LogP contribution in [-0.4, -0.2) is 42.4 Å². The first-order valence-electron chi connectivity index (χ1n) is 8.54. The monoisotopic (exact) mass is 333 g/mol. The van der Waals surface area contributed by atoms with Gasteiger partial charge in [-0.05, 0) is 43.5 Å². The lowest BCUT2D eigenvalue weighted by Gasteiger charge is -2.21. The molecular weight excluding hydrogens is 302 g/mol. The van der Waals surface area contributed by atoms with Crippen LogP contribution in [0.2, 0.25) is 0 Å². The first-order valence-corrected chi connectivity index (χ1v) is 8.54. The Bertz CT molecular complexity index is 545. The summed E-state index contributed by atoms with van der Waals surface area (Å²) in [5.74, 6) is -0.174. The van der Waals surface area contributed by atoms with Crippen molar-refractivity contribution >= 4 is 17.5 Å². The summed E-state index contributed by atoms with van der Waals surface area (Å²) in [6.07, 6.45) is 0. The zero-order valence-corrected chi connectivity index (χ0v) is 15.8. The summed E-state index contributed by atoms with van der Waals surface area (Å²) in [5, 5.41) is 5.73. The first-order chi connectivity index (χ1) is 11.1. The summed E-state index contributed by atoms with van der Waals surface area (Å²) in [4.78, 5) is 25.8. The van der Waals surface area contributed by atoms with Gasteiger partial charge >= 0.3 is 0 Å². The molecule has 1 aromatic rings. The lowest BCUT2D eigenvalue weighted by atomic mass is 9.87. The highest BCUT2D eigenvalue weighted by atomic mass is 16.2. The van der Waals surface area contributed by atoms with Gasteiger partial charge in [0.15, 0.2) is 0 Å². The minimum absolute atomic E-state index is 0.0609. The molecule has 0 aromatic heterocycles. The van der Waals surface area contributed by atoms with Gasteiger partial charge in [-0.3, -0.25) is 14.5 Å². The largest absolute Gasteiger partial charge is 0.353 e. The molecule has 2 amide bonds. The number of rotatable bonds is 7. The van der Waals surface area contributed by atoms with E-state index in [1.54, 1.807) is 0 Å². The van der Waals surface area contributed by atoms with Crippen molar-refractivity contribution in [2.45, 2.75) is 53.0 Å². The van der Waals surface area contributed by atoms with Crippen LogP contribution in [0.15, 0.2) is 24.3 Å². The highest BCUT2D eigenvalue weighted by Gasteiger charge is 2.15. The maximum atomic E-state index is 12.2. The molecule has 0 saturated heterocycles. The Hall–Kier alpha value is -1.88. The number of nitrogens with zero attached hydrogens (tertiary/aromatic N) is 1. The van der Waals surface area contributed by atoms with Crippen molar-refractivity contribution in [1.29, 1.82) is 0 Å². The van der Waals surface area contributed by atoms with Crippen molar-refractivity contribution in [1.82, 2.24) is 10.2 Å². The molecule has 0 saturated carbocycles. The molecule has 0 spiro atoms. The minimum Gasteiger partial charge on any atom is -0.353 e. The predicted octanol–water partition coefficient (Wildman–Crippen LogP) is 2.77. The van der Waals surface area contributed by atoms with Gasteiger partial charge in [0.25, 0.3) is 0 Å². The number of amides is 2. The normalized spacial score (nSPS) is 11.7. The first kappa shape index (κ1) is 20.2. The van der Waals surface area contributed by atoms with Gasteiger partial charge in [0.1, 0.15) is 0 Å². The SMILES string of the molecule is CCN(CC(=O)Nc1ccc(C(C)(C)C)cc1)CC(=O)NC(C)C. The van der Waals surface area contributed by atoms with E-state index in [9.17, 15) is 9.59 Å². The summed E-state index contributed by atoms with van der Waals surface area (Å²) in [6.45, 7) is 13.3. The zero-order valence-electron chi connectivity index (χ0n) is 15.8. The molecule has 1 rings (SSSR count). The van der Waals surface area contributed by atoms with Crippen molar-refractivity contribution in [2.75, 3.05) is 25.0 Å². The van der Waals surface area contributed by atoms with Crippen LogP contribution >= 0.6 is 0 Å². The Labute approximate surface area is 145 Å². The van der Waals surface area contributed by atoms with Crippen molar-refractivity contribution in [2.24, 2.45) is 0 Å². The number of carbonyl (C=O) groups is 2. The predicted molar refractivity (Wildman–Crippen MR) is 99.2 cm³/mol. The van der Waals surface area contributed by atoms with Gasteiger partial charge in [0, 0.05) is 11.7 Å². The maximum absolute atomic E-state index is 12.2. The van der Waals surface area contributed by atoms with Gasteiger partial charge in [-0.2, -0.15) is 0 Å². The number of anilines is 1. The molecule has 134 valence electrons. The molecule has 1 aromatic carbocycles. The van der Waals surface area contributed by atoms with Crippen molar-refractivity contribution < 1.29 is 9.59 Å². The van der Waals surface area contributed by atoms with Crippen LogP contribution in [0.4, 0.5) is 5.69 Å². The van der Waals surface area contributed by atoms with Crippen LogP contribution in [0.1, 0.15) is 47.1 Å². The van der Waals surface area contributed by atoms with Crippen molar-refractivity contribution in [3.63, 3.8) is 0 Å². The maximum Gasteiger partial charge on any atom is 0.238 e. The van der Waals surface area contributed by atoms with Gasteiger partial charge in [-0.15, -0.1) is 0 Å². The van der Waals surface area contributed by atoms with Gasteiger partial charge in [-0.1, -0.05) is 39.8 Å². The van der Waals surface area contributed by atoms with Gasteiger partial charge < -0.3 is 10.6 Å². The molecule has 0 unspecified atom stereocenters. The van der Waals surface area contributed by atoms with E-state index < -0.39 is 0 Å². The molecule has 0 radical (unpaired) electrons. The number of hydrogen-bond donors (Lipinski definition) is 2. The fourth-order valence-corrected chi connectivity index (χ4v) is 2.31. The number of benzene rings is 1. The molecule has 0 bridgehead atoms. The topological polar surface area (TPSA) is 61.4 Å². The molecule has 2 N–H and O–H groups in total. The lowest BCUT2D eigenvalue weighted by Crippen LogP contribution is -2.42. The smallest absolute Gasteiger partial charge is 0.238 e. The quantitative estimate of drug-likeness (QED) is 0.806. The third kappa shape index (κ3) is 7.13. The van der Waals surface area contributed by atoms with Gasteiger partial charge in [-0.25, -0.2) is 0 Å². The summed E-state index contributed by atoms with van der Waals surface area (Å²) in [5.41, 5.74) is 2.09. The van der Waals surface area contributed by atoms with E-state index in [0.29, 0.717) is 6.54 Å². The number of nitrogens with one attached hydrogen (secondary N) is 2. The third-order valence-corrected chi connectivity index (χ3v) is 3.67. The molecule has 24 heavy (non-hydrogen) atoms. The Morgan fingerprint density at radius 2 is 1.58 bits per heavy atom. The third-order valence-electron chi connectivity index (χ3n) is 3.67. The van der Waals surface area contributed by atoms with E-state index in [4.69, 9.17) is 0 Å². The lowest BCUT2D eigenvalue weighted by molar-refractivity contribution is -0.123. The van der Waals surface area contributed by atoms with E-state index >= 15 is 0 Å². The number of likely N-dealkylation sites (N-methyl/N-ethyl adjacent to an activating group) is 1. The molecule has 0 aliphatic heterocycles. The minimum atomic E-state index is -0.113. The van der Waals surface area contributed by atoms with E-state index in [1.807, 2.05) is 49.9 Å². The van der Waals surface area contributed by atoms with E-state index in [0.717, 1.165) is 5.69 Å². The standard InChI is InChI=1S/C19H31N3O2/c1-7-22(12-17(23)20-14(2)3)13-18(24)21-16-10-8-15(9-11-16)19(4,5)6/h8-11,14H,7,12-13H2,1-6H3,(H,20,23)(H,21,24). The number of hydrogen-bond acceptors (Lipinski definition) is 3. The Balaban J connectivity index is 2.56. The van der Waals surface area contributed by atoms with Gasteiger partial charge in [0.05, 0.1) is 13.1 Å². The molecule has 0 fully saturated rings. The fourth-order valence-electron chi connectivity index (χ4n) is 2.31. The number of carbonyl (C=O) groups excluding carboxylic acids is 2. The van der Waals surface area contributed by atoms with Gasteiger partial charge in [0.2, 0.25) is 11.8 Å². The summed E-state index contributed by atoms with van der Waals surface area (Å²) in [7, 11) is 0. The van der Waals surface area contributed by atoms with Crippen LogP contribution in [0, 0.1) is 0 Å². The molecule has 0 heterocycles. The molecular formula is C19H31N3O2. The Morgan fingerprint density at radius 3 is 2.04 bits per heavy atom. The van der Waals surface area contributed by atoms with Crippen LogP contribution in [0.3, 0.4) is 0 Å². The second-order valence-corrected chi connectivity index (χ2v) is 7.40. The van der Waals surface area contributed by atoms with Crippen LogP contribution in [-0.2, 0) is 15.0 Å². The second-order valence-electron chi connectivity index (χ2n) is 7.40. The highest BCUT2D eigenvalue weighted by molar-refractivity contribution is 5.92. The van der Waals surface area contributed by atoms with E-state index in [1.165, 1.54) is 5.56 Å². The second kappa shape index (κ2) is 8.83. The van der Waals surface area contributed by atoms with E-state index in [-0.39, 0.29) is 36.4 Å². The summed E-state index contributed by atoms with van der Waals surface area (Å²) >= 11 is 0. The average molecular weight is 333 g/mol. The van der Waals surface area contributed by atoms with Crippen LogP contribution in [0.5, 0.6) is 0 Å². The van der Waals surface area contributed by atoms with E-state index in [2.05, 4.69) is 31.4 Å². The molecule has 0 aliphatic carbocycles. The summed E-state index contributed by atoms with van der Waals surface area (Å²) in [6, 6.07) is 8.00. The highest BCUT2D eigenvalue weighted by Crippen LogP contribution is 2.23. The average Bonchev–Trinajstić information content (AvgIpc) is 2.45. The molecule has 5 heteroatoms. The Morgan fingerprint density at radius 1 is 1.04 bits per heavy atom. The summed E-state index contributed by atoms with van der Waals surface area (Å²) < 4.78 is 0. The molecule has 0 aliphatic rings. The zero-order chi connectivity index (χ0) is 18.3. The molecule has 5 nitrogen and oxygen atoms in total.